The number of rotatable bonds is 3. The minimum atomic E-state index is -0.0526. The van der Waals surface area contributed by atoms with E-state index in [1.807, 2.05) is 55.5 Å². The van der Waals surface area contributed by atoms with Crippen molar-refractivity contribution >= 4 is 35.7 Å². The van der Waals surface area contributed by atoms with E-state index in [0.717, 1.165) is 59.3 Å². The zero-order chi connectivity index (χ0) is 17.2. The third kappa shape index (κ3) is 4.46. The number of ether oxygens (including phenoxy) is 1. The number of halogens is 2. The number of aromatic amines is 1. The molecule has 3 aromatic rings. The topological polar surface area (TPSA) is 54.1 Å². The lowest BCUT2D eigenvalue weighted by molar-refractivity contribution is 0.162. The van der Waals surface area contributed by atoms with Gasteiger partial charge in [0.1, 0.15) is 11.9 Å². The fraction of sp³-hybridized carbons (Fsp3) is 0.286. The Kier molecular flexibility index (Phi) is 7.31. The highest BCUT2D eigenvalue weighted by molar-refractivity contribution is 5.88. The summed E-state index contributed by atoms with van der Waals surface area (Å²) in [4.78, 5) is 15.5. The Labute approximate surface area is 171 Å². The molecule has 27 heavy (non-hydrogen) atoms. The molecule has 2 heterocycles. The van der Waals surface area contributed by atoms with Crippen LogP contribution in [0.25, 0.3) is 22.0 Å². The van der Waals surface area contributed by atoms with Gasteiger partial charge in [0.2, 0.25) is 0 Å². The highest BCUT2D eigenvalue weighted by Crippen LogP contribution is 2.27. The first kappa shape index (κ1) is 21.3. The summed E-state index contributed by atoms with van der Waals surface area (Å²) in [6.45, 7) is 4.02. The predicted octanol–water partition coefficient (Wildman–Crippen LogP) is 4.48. The number of para-hydroxylation sites is 1. The van der Waals surface area contributed by atoms with Crippen molar-refractivity contribution in [2.24, 2.45) is 0 Å². The number of piperidine rings is 1. The van der Waals surface area contributed by atoms with E-state index in [-0.39, 0.29) is 36.5 Å². The molecule has 144 valence electrons. The van der Waals surface area contributed by atoms with E-state index in [1.54, 1.807) is 0 Å². The number of aryl methyl sites for hydroxylation is 1. The molecule has 1 fully saturated rings. The number of aromatic nitrogens is 1. The zero-order valence-corrected chi connectivity index (χ0v) is 16.8. The number of nitrogens with one attached hydrogen (secondary N) is 2. The summed E-state index contributed by atoms with van der Waals surface area (Å²) >= 11 is 0. The van der Waals surface area contributed by atoms with Gasteiger partial charge in [0, 0.05) is 10.9 Å². The van der Waals surface area contributed by atoms with Crippen molar-refractivity contribution in [3.8, 4) is 16.9 Å². The maximum Gasteiger partial charge on any atom is 0.256 e. The van der Waals surface area contributed by atoms with E-state index >= 15 is 0 Å². The molecule has 0 bridgehead atoms. The molecule has 4 rings (SSSR count). The maximum absolute atomic E-state index is 12.6. The Bertz CT molecular complexity index is 949. The molecule has 2 aromatic carbocycles. The van der Waals surface area contributed by atoms with E-state index in [4.69, 9.17) is 4.74 Å². The van der Waals surface area contributed by atoms with Crippen molar-refractivity contribution in [3.05, 3.63) is 64.4 Å². The SMILES string of the molecule is Cc1c(-c2ccc(OC3CCNCC3)cc2)c(=O)[nH]c2ccccc12.Cl.Cl. The first-order chi connectivity index (χ1) is 12.2. The van der Waals surface area contributed by atoms with Crippen LogP contribution in [0.2, 0.25) is 0 Å². The largest absolute Gasteiger partial charge is 0.490 e. The number of fused-ring (bicyclic) bond motifs is 1. The molecule has 0 saturated carbocycles. The Balaban J connectivity index is 0.00000131. The van der Waals surface area contributed by atoms with Crippen molar-refractivity contribution in [2.75, 3.05) is 13.1 Å². The van der Waals surface area contributed by atoms with Gasteiger partial charge in [0.15, 0.2) is 0 Å². The van der Waals surface area contributed by atoms with Crippen LogP contribution in [0.5, 0.6) is 5.75 Å². The second-order valence-electron chi connectivity index (χ2n) is 6.59. The van der Waals surface area contributed by atoms with Gasteiger partial charge in [-0.05, 0) is 62.2 Å². The van der Waals surface area contributed by atoms with Crippen molar-refractivity contribution in [2.45, 2.75) is 25.9 Å². The van der Waals surface area contributed by atoms with Crippen LogP contribution in [-0.2, 0) is 0 Å². The van der Waals surface area contributed by atoms with Gasteiger partial charge in [-0.1, -0.05) is 30.3 Å². The van der Waals surface area contributed by atoms with E-state index in [0.29, 0.717) is 0 Å². The van der Waals surface area contributed by atoms with Crippen LogP contribution >= 0.6 is 24.8 Å². The van der Waals surface area contributed by atoms with Gasteiger partial charge in [-0.2, -0.15) is 0 Å². The number of H-pyrrole nitrogens is 1. The van der Waals surface area contributed by atoms with Gasteiger partial charge in [0.25, 0.3) is 5.56 Å². The molecule has 0 aliphatic carbocycles. The number of hydrogen-bond donors (Lipinski definition) is 2. The lowest BCUT2D eigenvalue weighted by Gasteiger charge is -2.23. The Morgan fingerprint density at radius 1 is 0.963 bits per heavy atom. The number of pyridine rings is 1. The summed E-state index contributed by atoms with van der Waals surface area (Å²) in [5.41, 5.74) is 3.48. The van der Waals surface area contributed by atoms with E-state index in [1.165, 1.54) is 0 Å². The average Bonchev–Trinajstić information content (AvgIpc) is 2.64. The van der Waals surface area contributed by atoms with Gasteiger partial charge < -0.3 is 15.0 Å². The molecule has 0 radical (unpaired) electrons. The number of benzene rings is 2. The molecule has 1 saturated heterocycles. The Morgan fingerprint density at radius 2 is 1.63 bits per heavy atom. The van der Waals surface area contributed by atoms with Gasteiger partial charge in [-0.3, -0.25) is 4.79 Å². The van der Waals surface area contributed by atoms with Crippen LogP contribution < -0.4 is 15.6 Å². The molecule has 0 amide bonds. The van der Waals surface area contributed by atoms with Crippen LogP contribution in [0.3, 0.4) is 0 Å². The molecule has 0 unspecified atom stereocenters. The standard InChI is InChI=1S/C21H22N2O2.2ClH/c1-14-18-4-2-3-5-19(18)23-21(24)20(14)15-6-8-16(9-7-15)25-17-10-12-22-13-11-17;;/h2-9,17,22H,10-13H2,1H3,(H,23,24);2*1H. The second-order valence-corrected chi connectivity index (χ2v) is 6.59. The normalized spacial score (nSPS) is 14.3. The van der Waals surface area contributed by atoms with E-state index < -0.39 is 0 Å². The van der Waals surface area contributed by atoms with E-state index in [9.17, 15) is 4.79 Å². The molecule has 2 N–H and O–H groups in total. The molecule has 1 aromatic heterocycles. The number of hydrogen-bond acceptors (Lipinski definition) is 3. The molecular formula is C21H24Cl2N2O2. The third-order valence-electron chi connectivity index (χ3n) is 4.91. The minimum Gasteiger partial charge on any atom is -0.490 e. The van der Waals surface area contributed by atoms with Gasteiger partial charge in [-0.25, -0.2) is 0 Å². The summed E-state index contributed by atoms with van der Waals surface area (Å²) in [7, 11) is 0. The first-order valence-corrected chi connectivity index (χ1v) is 8.82. The molecular weight excluding hydrogens is 383 g/mol. The molecule has 0 atom stereocenters. The van der Waals surface area contributed by atoms with Crippen LogP contribution in [0.15, 0.2) is 53.3 Å². The lowest BCUT2D eigenvalue weighted by Crippen LogP contribution is -2.34. The monoisotopic (exact) mass is 406 g/mol. The van der Waals surface area contributed by atoms with Crippen LogP contribution in [0, 0.1) is 6.92 Å². The van der Waals surface area contributed by atoms with Crippen LogP contribution in [0.4, 0.5) is 0 Å². The van der Waals surface area contributed by atoms with Gasteiger partial charge in [0.05, 0.1) is 5.56 Å². The molecule has 1 aliphatic heterocycles. The summed E-state index contributed by atoms with van der Waals surface area (Å²) in [6, 6.07) is 15.8. The van der Waals surface area contributed by atoms with Crippen molar-refractivity contribution in [1.29, 1.82) is 0 Å². The summed E-state index contributed by atoms with van der Waals surface area (Å²) < 4.78 is 6.05. The van der Waals surface area contributed by atoms with Gasteiger partial charge >= 0.3 is 0 Å². The highest BCUT2D eigenvalue weighted by atomic mass is 35.5. The molecule has 4 nitrogen and oxygen atoms in total. The minimum absolute atomic E-state index is 0. The third-order valence-corrected chi connectivity index (χ3v) is 4.91. The molecule has 6 heteroatoms. The Morgan fingerprint density at radius 3 is 2.33 bits per heavy atom. The summed E-state index contributed by atoms with van der Waals surface area (Å²) in [5.74, 6) is 0.866. The fourth-order valence-corrected chi connectivity index (χ4v) is 3.56. The van der Waals surface area contributed by atoms with Crippen molar-refractivity contribution in [3.63, 3.8) is 0 Å². The first-order valence-electron chi connectivity index (χ1n) is 8.82. The quantitative estimate of drug-likeness (QED) is 0.673. The molecule has 0 spiro atoms. The predicted molar refractivity (Wildman–Crippen MR) is 116 cm³/mol. The van der Waals surface area contributed by atoms with Crippen LogP contribution in [0.1, 0.15) is 18.4 Å². The summed E-state index contributed by atoms with van der Waals surface area (Å²) in [6.07, 6.45) is 2.34. The Hall–Kier alpha value is -2.01. The van der Waals surface area contributed by atoms with Crippen molar-refractivity contribution < 1.29 is 4.74 Å². The highest BCUT2D eigenvalue weighted by Gasteiger charge is 2.15. The second kappa shape index (κ2) is 9.27. The smallest absolute Gasteiger partial charge is 0.256 e. The summed E-state index contributed by atoms with van der Waals surface area (Å²) in [5, 5.41) is 4.42. The van der Waals surface area contributed by atoms with Crippen LogP contribution in [-0.4, -0.2) is 24.2 Å². The maximum atomic E-state index is 12.6. The fourth-order valence-electron chi connectivity index (χ4n) is 3.56. The zero-order valence-electron chi connectivity index (χ0n) is 15.2. The average molecular weight is 407 g/mol. The van der Waals surface area contributed by atoms with Gasteiger partial charge in [-0.15, -0.1) is 24.8 Å². The van der Waals surface area contributed by atoms with Crippen molar-refractivity contribution in [1.82, 2.24) is 10.3 Å². The van der Waals surface area contributed by atoms with E-state index in [2.05, 4.69) is 10.3 Å². The lowest BCUT2D eigenvalue weighted by atomic mass is 9.98. The molecule has 1 aliphatic rings.